The fraction of sp³-hybridized carbons (Fsp3) is 0.438. The Hall–Kier alpha value is -1.48. The van der Waals surface area contributed by atoms with Crippen LogP contribution in [0.2, 0.25) is 5.02 Å². The van der Waals surface area contributed by atoms with Gasteiger partial charge in [-0.05, 0) is 37.5 Å². The smallest absolute Gasteiger partial charge is 0.130 e. The van der Waals surface area contributed by atoms with Crippen molar-refractivity contribution in [2.75, 3.05) is 19.0 Å². The topological polar surface area (TPSA) is 34.2 Å². The third-order valence-electron chi connectivity index (χ3n) is 3.50. The number of aromatic nitrogens is 1. The molecule has 1 heterocycles. The lowest BCUT2D eigenvalue weighted by molar-refractivity contribution is 0.420. The number of nitrogens with one attached hydrogen (secondary N) is 1. The molecule has 1 aromatic carbocycles. The molecule has 0 aliphatic heterocycles. The van der Waals surface area contributed by atoms with Crippen LogP contribution in [0, 0.1) is 6.92 Å². The van der Waals surface area contributed by atoms with Crippen LogP contribution in [-0.2, 0) is 6.42 Å². The Labute approximate surface area is 125 Å². The highest BCUT2D eigenvalue weighted by Crippen LogP contribution is 2.38. The summed E-state index contributed by atoms with van der Waals surface area (Å²) in [6.45, 7) is 7.28. The average Bonchev–Trinajstić information content (AvgIpc) is 2.46. The lowest BCUT2D eigenvalue weighted by Crippen LogP contribution is -2.07. The first kappa shape index (κ1) is 14.9. The molecule has 0 aliphatic rings. The van der Waals surface area contributed by atoms with E-state index in [9.17, 15) is 0 Å². The maximum atomic E-state index is 6.33. The highest BCUT2D eigenvalue weighted by molar-refractivity contribution is 6.35. The van der Waals surface area contributed by atoms with Gasteiger partial charge in [-0.25, -0.2) is 0 Å². The van der Waals surface area contributed by atoms with Crippen LogP contribution in [0.3, 0.4) is 0 Å². The molecule has 2 rings (SSSR count). The number of aryl methyl sites for hydroxylation is 1. The Bertz CT molecular complexity index is 626. The number of fused-ring (bicyclic) bond motifs is 1. The first-order chi connectivity index (χ1) is 9.63. The van der Waals surface area contributed by atoms with Gasteiger partial charge in [0.25, 0.3) is 0 Å². The summed E-state index contributed by atoms with van der Waals surface area (Å²) >= 11 is 6.33. The Morgan fingerprint density at radius 3 is 2.65 bits per heavy atom. The molecule has 4 heteroatoms. The maximum absolute atomic E-state index is 6.33. The van der Waals surface area contributed by atoms with Gasteiger partial charge in [0.15, 0.2) is 0 Å². The number of pyridine rings is 1. The summed E-state index contributed by atoms with van der Waals surface area (Å²) in [5.74, 6) is 0.807. The third-order valence-corrected chi connectivity index (χ3v) is 3.81. The van der Waals surface area contributed by atoms with E-state index in [1.807, 2.05) is 12.1 Å². The molecule has 20 heavy (non-hydrogen) atoms. The minimum Gasteiger partial charge on any atom is -0.496 e. The van der Waals surface area contributed by atoms with Gasteiger partial charge in [-0.1, -0.05) is 25.4 Å². The number of ether oxygens (including phenoxy) is 1. The van der Waals surface area contributed by atoms with Crippen molar-refractivity contribution in [2.24, 2.45) is 0 Å². The van der Waals surface area contributed by atoms with Crippen LogP contribution in [0.15, 0.2) is 12.1 Å². The number of hydrogen-bond acceptors (Lipinski definition) is 3. The molecule has 1 N–H and O–H groups in total. The van der Waals surface area contributed by atoms with Crippen molar-refractivity contribution in [2.45, 2.75) is 33.6 Å². The molecular formula is C16H21ClN2O. The molecule has 0 radical (unpaired) electrons. The largest absolute Gasteiger partial charge is 0.496 e. The summed E-state index contributed by atoms with van der Waals surface area (Å²) in [4.78, 5) is 4.72. The molecule has 3 nitrogen and oxygen atoms in total. The van der Waals surface area contributed by atoms with E-state index in [0.29, 0.717) is 5.02 Å². The highest BCUT2D eigenvalue weighted by Gasteiger charge is 2.16. The van der Waals surface area contributed by atoms with E-state index in [1.165, 1.54) is 5.56 Å². The second kappa shape index (κ2) is 6.31. The van der Waals surface area contributed by atoms with Gasteiger partial charge in [0, 0.05) is 12.2 Å². The molecule has 0 aliphatic carbocycles. The third kappa shape index (κ3) is 2.55. The van der Waals surface area contributed by atoms with E-state index in [4.69, 9.17) is 21.3 Å². The number of rotatable bonds is 5. The number of anilines is 1. The number of hydrogen-bond donors (Lipinski definition) is 1. The molecule has 108 valence electrons. The maximum Gasteiger partial charge on any atom is 0.130 e. The van der Waals surface area contributed by atoms with Gasteiger partial charge in [-0.15, -0.1) is 0 Å². The second-order valence-electron chi connectivity index (χ2n) is 4.81. The molecule has 0 spiro atoms. The van der Waals surface area contributed by atoms with Crippen molar-refractivity contribution in [1.82, 2.24) is 4.98 Å². The summed E-state index contributed by atoms with van der Waals surface area (Å²) in [5, 5.41) is 5.14. The highest BCUT2D eigenvalue weighted by atomic mass is 35.5. The molecular weight excluding hydrogens is 272 g/mol. The molecule has 0 unspecified atom stereocenters. The van der Waals surface area contributed by atoms with Crippen LogP contribution < -0.4 is 10.1 Å². The van der Waals surface area contributed by atoms with E-state index in [0.717, 1.165) is 47.4 Å². The molecule has 0 saturated heterocycles. The van der Waals surface area contributed by atoms with E-state index >= 15 is 0 Å². The summed E-state index contributed by atoms with van der Waals surface area (Å²) in [5.41, 5.74) is 4.15. The average molecular weight is 293 g/mol. The molecule has 2 aromatic rings. The summed E-state index contributed by atoms with van der Waals surface area (Å²) in [6, 6.07) is 3.74. The summed E-state index contributed by atoms with van der Waals surface area (Å²) < 4.78 is 5.49. The van der Waals surface area contributed by atoms with Crippen molar-refractivity contribution >= 4 is 28.2 Å². The van der Waals surface area contributed by atoms with Crippen LogP contribution in [0.1, 0.15) is 31.5 Å². The number of methoxy groups -OCH3 is 1. The van der Waals surface area contributed by atoms with Gasteiger partial charge in [0.2, 0.25) is 0 Å². The van der Waals surface area contributed by atoms with Crippen LogP contribution in [0.4, 0.5) is 5.69 Å². The van der Waals surface area contributed by atoms with Crippen molar-refractivity contribution < 1.29 is 4.74 Å². The van der Waals surface area contributed by atoms with E-state index < -0.39 is 0 Å². The monoisotopic (exact) mass is 292 g/mol. The lowest BCUT2D eigenvalue weighted by atomic mass is 10.0. The zero-order valence-electron chi connectivity index (χ0n) is 12.5. The van der Waals surface area contributed by atoms with Gasteiger partial charge in [0.05, 0.1) is 28.7 Å². The normalized spacial score (nSPS) is 10.8. The van der Waals surface area contributed by atoms with Gasteiger partial charge < -0.3 is 10.1 Å². The van der Waals surface area contributed by atoms with Crippen LogP contribution in [0.5, 0.6) is 5.75 Å². The SMILES string of the molecule is CCCNc1c(C)c(CC)nc2c(Cl)ccc(OC)c12. The Morgan fingerprint density at radius 1 is 1.30 bits per heavy atom. The first-order valence-corrected chi connectivity index (χ1v) is 7.41. The Kier molecular flexibility index (Phi) is 4.71. The van der Waals surface area contributed by atoms with Gasteiger partial charge in [-0.2, -0.15) is 0 Å². The quantitative estimate of drug-likeness (QED) is 0.875. The summed E-state index contributed by atoms with van der Waals surface area (Å²) in [6.07, 6.45) is 1.95. The van der Waals surface area contributed by atoms with Gasteiger partial charge in [-0.3, -0.25) is 4.98 Å². The Balaban J connectivity index is 2.81. The van der Waals surface area contributed by atoms with E-state index in [1.54, 1.807) is 7.11 Å². The number of nitrogens with zero attached hydrogens (tertiary/aromatic N) is 1. The number of benzene rings is 1. The van der Waals surface area contributed by atoms with Crippen LogP contribution in [-0.4, -0.2) is 18.6 Å². The standard InChI is InChI=1S/C16H21ClN2O/c1-5-9-18-15-10(3)12(6-2)19-16-11(17)7-8-13(20-4)14(15)16/h7-8H,5-6,9H2,1-4H3,(H,18,19). The van der Waals surface area contributed by atoms with E-state index in [2.05, 4.69) is 26.1 Å². The van der Waals surface area contributed by atoms with Crippen molar-refractivity contribution in [3.8, 4) is 5.75 Å². The minimum absolute atomic E-state index is 0.662. The van der Waals surface area contributed by atoms with Crippen LogP contribution in [0.25, 0.3) is 10.9 Å². The fourth-order valence-corrected chi connectivity index (χ4v) is 2.63. The fourth-order valence-electron chi connectivity index (χ4n) is 2.43. The van der Waals surface area contributed by atoms with E-state index in [-0.39, 0.29) is 0 Å². The van der Waals surface area contributed by atoms with Crippen molar-refractivity contribution in [1.29, 1.82) is 0 Å². The molecule has 0 fully saturated rings. The van der Waals surface area contributed by atoms with Crippen LogP contribution >= 0.6 is 11.6 Å². The van der Waals surface area contributed by atoms with Gasteiger partial charge in [0.1, 0.15) is 5.75 Å². The summed E-state index contributed by atoms with van der Waals surface area (Å²) in [7, 11) is 1.68. The molecule has 0 amide bonds. The molecule has 0 saturated carbocycles. The molecule has 0 atom stereocenters. The second-order valence-corrected chi connectivity index (χ2v) is 5.22. The predicted molar refractivity (Wildman–Crippen MR) is 86.2 cm³/mol. The Morgan fingerprint density at radius 2 is 2.05 bits per heavy atom. The number of halogens is 1. The predicted octanol–water partition coefficient (Wildman–Crippen LogP) is 4.59. The molecule has 1 aromatic heterocycles. The first-order valence-electron chi connectivity index (χ1n) is 7.03. The zero-order chi connectivity index (χ0) is 14.7. The zero-order valence-corrected chi connectivity index (χ0v) is 13.3. The van der Waals surface area contributed by atoms with Crippen molar-refractivity contribution in [3.63, 3.8) is 0 Å². The minimum atomic E-state index is 0.662. The lowest BCUT2D eigenvalue weighted by Gasteiger charge is -2.18. The molecule has 0 bridgehead atoms. The van der Waals surface area contributed by atoms with Crippen molar-refractivity contribution in [3.05, 3.63) is 28.4 Å². The van der Waals surface area contributed by atoms with Gasteiger partial charge >= 0.3 is 0 Å².